The van der Waals surface area contributed by atoms with E-state index in [-0.39, 0.29) is 12.9 Å². The second-order valence-electron chi connectivity index (χ2n) is 10.3. The highest BCUT2D eigenvalue weighted by Crippen LogP contribution is 2.44. The zero-order valence-electron chi connectivity index (χ0n) is 21.0. The van der Waals surface area contributed by atoms with Crippen LogP contribution in [0.15, 0.2) is 134 Å². The highest BCUT2D eigenvalue weighted by molar-refractivity contribution is 6.91. The zero-order valence-corrected chi connectivity index (χ0v) is 21.0. The Balaban J connectivity index is 1.26. The summed E-state index contributed by atoms with van der Waals surface area (Å²) >= 11 is 0. The molecule has 3 aliphatic rings. The number of fused-ring (bicyclic) bond motifs is 11. The molecule has 0 fully saturated rings. The van der Waals surface area contributed by atoms with Crippen molar-refractivity contribution in [3.8, 4) is 22.4 Å². The summed E-state index contributed by atoms with van der Waals surface area (Å²) in [6.07, 6.45) is 7.80. The number of para-hydroxylation sites is 1. The molecule has 3 heterocycles. The van der Waals surface area contributed by atoms with Gasteiger partial charge in [-0.25, -0.2) is 0 Å². The summed E-state index contributed by atoms with van der Waals surface area (Å²) < 4.78 is 0. The second kappa shape index (κ2) is 8.46. The Hall–Kier alpha value is -4.63. The topological polar surface area (TPSA) is 16.1 Å². The number of allylic oxidation sites excluding steroid dienone is 2. The van der Waals surface area contributed by atoms with E-state index in [0.29, 0.717) is 0 Å². The van der Waals surface area contributed by atoms with Crippen LogP contribution in [0.1, 0.15) is 17.5 Å². The molecule has 5 aromatic rings. The molecule has 178 valence electrons. The summed E-state index contributed by atoms with van der Waals surface area (Å²) in [5.41, 5.74) is 14.1. The minimum Gasteiger partial charge on any atom is -0.399 e. The summed E-state index contributed by atoms with van der Waals surface area (Å²) in [7, 11) is 0. The van der Waals surface area contributed by atoms with E-state index in [2.05, 4.69) is 126 Å². The lowest BCUT2D eigenvalue weighted by molar-refractivity contribution is 0.827. The molecule has 38 heavy (non-hydrogen) atoms. The van der Waals surface area contributed by atoms with Crippen LogP contribution < -0.4 is 15.7 Å². The molecule has 2 aliphatic heterocycles. The molecule has 8 rings (SSSR count). The third kappa shape index (κ3) is 3.18. The van der Waals surface area contributed by atoms with Gasteiger partial charge in [0, 0.05) is 29.1 Å². The molecule has 0 amide bonds. The van der Waals surface area contributed by atoms with E-state index in [1.54, 1.807) is 0 Å². The lowest BCUT2D eigenvalue weighted by Gasteiger charge is -2.49. The molecule has 0 saturated heterocycles. The first-order valence-electron chi connectivity index (χ1n) is 13.4. The summed E-state index contributed by atoms with van der Waals surface area (Å²) in [6, 6.07) is 41.9. The van der Waals surface area contributed by atoms with Gasteiger partial charge in [-0.05, 0) is 63.4 Å². The van der Waals surface area contributed by atoms with Gasteiger partial charge in [-0.15, -0.1) is 0 Å². The highest BCUT2D eigenvalue weighted by Gasteiger charge is 2.45. The van der Waals surface area contributed by atoms with E-state index in [0.717, 1.165) is 17.7 Å². The molecule has 2 nitrogen and oxygen atoms in total. The van der Waals surface area contributed by atoms with E-state index in [1.165, 1.54) is 50.0 Å². The number of benzene rings is 4. The number of pyridine rings is 1. The molecule has 0 bridgehead atoms. The molecule has 3 heteroatoms. The fraction of sp³-hybridized carbons (Fsp3) is 0.0571. The van der Waals surface area contributed by atoms with Gasteiger partial charge in [0.15, 0.2) is 0 Å². The van der Waals surface area contributed by atoms with E-state index >= 15 is 0 Å². The van der Waals surface area contributed by atoms with Crippen molar-refractivity contribution in [2.24, 2.45) is 0 Å². The van der Waals surface area contributed by atoms with Crippen LogP contribution in [0.4, 0.5) is 5.69 Å². The van der Waals surface area contributed by atoms with Crippen LogP contribution in [0.5, 0.6) is 0 Å². The minimum atomic E-state index is 0.209. The van der Waals surface area contributed by atoms with Crippen LogP contribution >= 0.6 is 0 Å². The monoisotopic (exact) mass is 484 g/mol. The maximum atomic E-state index is 4.81. The maximum Gasteiger partial charge on any atom is 0.325 e. The molecule has 1 unspecified atom stereocenters. The Labute approximate surface area is 223 Å². The van der Waals surface area contributed by atoms with Crippen LogP contribution in [-0.4, -0.2) is 17.9 Å². The highest BCUT2D eigenvalue weighted by atomic mass is 15.1. The summed E-state index contributed by atoms with van der Waals surface area (Å²) in [6.45, 7) is 0.209. The van der Waals surface area contributed by atoms with Crippen LogP contribution in [-0.2, 0) is 0 Å². The Bertz CT molecular complexity index is 1750. The number of rotatable bonds is 2. The second-order valence-corrected chi connectivity index (χ2v) is 10.3. The molecule has 0 saturated carbocycles. The average Bonchev–Trinajstić information content (AvgIpc) is 3.01. The number of nitrogens with zero attached hydrogens (tertiary/aromatic N) is 2. The van der Waals surface area contributed by atoms with E-state index < -0.39 is 0 Å². The Morgan fingerprint density at radius 2 is 1.32 bits per heavy atom. The van der Waals surface area contributed by atoms with Crippen LogP contribution in [0.3, 0.4) is 0 Å². The average molecular weight is 484 g/mol. The van der Waals surface area contributed by atoms with Crippen LogP contribution in [0.25, 0.3) is 33.5 Å². The Morgan fingerprint density at radius 3 is 2.11 bits per heavy atom. The SMILES string of the molecule is C1=C(c2ccc(-c3ccccc3)nc2)C=C2c3ccccc3B3c4ccccc4-c4ccccc4N3C2C1. The summed E-state index contributed by atoms with van der Waals surface area (Å²) in [4.78, 5) is 7.49. The Morgan fingerprint density at radius 1 is 0.632 bits per heavy atom. The quantitative estimate of drug-likeness (QED) is 0.263. The van der Waals surface area contributed by atoms with Crippen LogP contribution in [0, 0.1) is 0 Å². The summed E-state index contributed by atoms with van der Waals surface area (Å²) in [5, 5.41) is 0. The van der Waals surface area contributed by atoms with E-state index in [9.17, 15) is 0 Å². The predicted molar refractivity (Wildman–Crippen MR) is 160 cm³/mol. The fourth-order valence-electron chi connectivity index (χ4n) is 6.61. The largest absolute Gasteiger partial charge is 0.399 e. The molecule has 1 aromatic heterocycles. The van der Waals surface area contributed by atoms with E-state index in [4.69, 9.17) is 4.98 Å². The van der Waals surface area contributed by atoms with Gasteiger partial charge in [-0.2, -0.15) is 0 Å². The predicted octanol–water partition coefficient (Wildman–Crippen LogP) is 6.59. The van der Waals surface area contributed by atoms with Gasteiger partial charge in [0.1, 0.15) is 0 Å². The van der Waals surface area contributed by atoms with Crippen molar-refractivity contribution >= 4 is 34.6 Å². The number of anilines is 1. The Kier molecular flexibility index (Phi) is 4.78. The third-order valence-electron chi connectivity index (χ3n) is 8.31. The minimum absolute atomic E-state index is 0.209. The first-order valence-corrected chi connectivity index (χ1v) is 13.4. The standard InChI is InChI=1S/C35H25BN2/c1-2-10-24(11-3-1)33-20-18-26(23-37-33)25-19-21-35-30(22-25)28-13-5-8-16-32(28)36-31-15-7-4-12-27(31)29-14-6-9-17-34(29)38(35)36/h1-20,22-23,35H,21H2. The normalized spacial score (nSPS) is 16.8. The molecular weight excluding hydrogens is 459 g/mol. The van der Waals surface area contributed by atoms with Gasteiger partial charge in [0.25, 0.3) is 0 Å². The van der Waals surface area contributed by atoms with Crippen molar-refractivity contribution in [1.82, 2.24) is 4.98 Å². The van der Waals surface area contributed by atoms with Crippen molar-refractivity contribution < 1.29 is 0 Å². The molecule has 1 atom stereocenters. The lowest BCUT2D eigenvalue weighted by atomic mass is 9.42. The molecular formula is C35H25BN2. The number of hydrogen-bond donors (Lipinski definition) is 0. The van der Waals surface area contributed by atoms with Crippen molar-refractivity contribution in [2.45, 2.75) is 12.5 Å². The van der Waals surface area contributed by atoms with Crippen molar-refractivity contribution in [1.29, 1.82) is 0 Å². The molecule has 0 N–H and O–H groups in total. The molecule has 1 aliphatic carbocycles. The van der Waals surface area contributed by atoms with E-state index in [1.807, 2.05) is 12.3 Å². The van der Waals surface area contributed by atoms with Gasteiger partial charge in [-0.1, -0.05) is 109 Å². The molecule has 0 radical (unpaired) electrons. The van der Waals surface area contributed by atoms with Gasteiger partial charge in [0.2, 0.25) is 0 Å². The first-order chi connectivity index (χ1) is 18.9. The molecule has 0 spiro atoms. The molecule has 4 aromatic carbocycles. The maximum absolute atomic E-state index is 4.81. The van der Waals surface area contributed by atoms with Gasteiger partial charge in [-0.3, -0.25) is 4.98 Å². The smallest absolute Gasteiger partial charge is 0.325 e. The fourth-order valence-corrected chi connectivity index (χ4v) is 6.61. The first kappa shape index (κ1) is 21.5. The van der Waals surface area contributed by atoms with Crippen molar-refractivity contribution in [3.05, 3.63) is 145 Å². The van der Waals surface area contributed by atoms with Crippen molar-refractivity contribution in [2.75, 3.05) is 4.81 Å². The number of hydrogen-bond acceptors (Lipinski definition) is 2. The van der Waals surface area contributed by atoms with Gasteiger partial charge < -0.3 is 4.81 Å². The third-order valence-corrected chi connectivity index (χ3v) is 8.31. The van der Waals surface area contributed by atoms with Gasteiger partial charge in [0.05, 0.1) is 5.69 Å². The van der Waals surface area contributed by atoms with Gasteiger partial charge >= 0.3 is 6.85 Å². The van der Waals surface area contributed by atoms with Crippen LogP contribution in [0.2, 0.25) is 0 Å². The number of aromatic nitrogens is 1. The summed E-state index contributed by atoms with van der Waals surface area (Å²) in [5.74, 6) is 0. The van der Waals surface area contributed by atoms with Crippen molar-refractivity contribution in [3.63, 3.8) is 0 Å². The zero-order chi connectivity index (χ0) is 25.1. The lowest BCUT2D eigenvalue weighted by Crippen LogP contribution is -2.66.